The largest absolute Gasteiger partial charge is 0.374 e. The topological polar surface area (TPSA) is 79.2 Å². The Labute approximate surface area is 113 Å². The Morgan fingerprint density at radius 3 is 2.63 bits per heavy atom. The Balaban J connectivity index is 2.07. The van der Waals surface area contributed by atoms with Gasteiger partial charge in [-0.1, -0.05) is 0 Å². The van der Waals surface area contributed by atoms with Crippen LogP contribution in [0.5, 0.6) is 0 Å². The lowest BCUT2D eigenvalue weighted by Gasteiger charge is -2.23. The Morgan fingerprint density at radius 1 is 1.42 bits per heavy atom. The molecule has 1 N–H and O–H groups in total. The smallest absolute Gasteiger partial charge is 0.240 e. The molecule has 1 aliphatic heterocycles. The summed E-state index contributed by atoms with van der Waals surface area (Å²) >= 11 is 0. The molecular weight excluding hydrogens is 264 g/mol. The number of benzene rings is 1. The van der Waals surface area contributed by atoms with Gasteiger partial charge in [-0.3, -0.25) is 0 Å². The van der Waals surface area contributed by atoms with Crippen molar-refractivity contribution in [3.63, 3.8) is 0 Å². The molecule has 1 aliphatic rings. The molecule has 1 aromatic carbocycles. The highest BCUT2D eigenvalue weighted by Gasteiger charge is 2.31. The highest BCUT2D eigenvalue weighted by molar-refractivity contribution is 7.89. The molecule has 6 heteroatoms. The second-order valence-electron chi connectivity index (χ2n) is 4.86. The molecule has 0 spiro atoms. The van der Waals surface area contributed by atoms with Crippen molar-refractivity contribution < 1.29 is 13.2 Å². The summed E-state index contributed by atoms with van der Waals surface area (Å²) in [6, 6.07) is 7.79. The third kappa shape index (κ3) is 3.32. The maximum atomic E-state index is 12.1. The summed E-state index contributed by atoms with van der Waals surface area (Å²) in [7, 11) is -3.55. The van der Waals surface area contributed by atoms with E-state index in [1.165, 1.54) is 24.3 Å². The van der Waals surface area contributed by atoms with E-state index < -0.39 is 15.6 Å². The Kier molecular flexibility index (Phi) is 3.90. The molecule has 1 saturated heterocycles. The van der Waals surface area contributed by atoms with Gasteiger partial charge in [-0.25, -0.2) is 13.1 Å². The highest BCUT2D eigenvalue weighted by Crippen LogP contribution is 2.24. The predicted octanol–water partition coefficient (Wildman–Crippen LogP) is 1.41. The molecule has 0 saturated carbocycles. The maximum Gasteiger partial charge on any atom is 0.240 e. The van der Waals surface area contributed by atoms with E-state index in [2.05, 4.69) is 4.72 Å². The molecule has 0 bridgehead atoms. The molecule has 0 radical (unpaired) electrons. The number of hydrogen-bond acceptors (Lipinski definition) is 4. The van der Waals surface area contributed by atoms with Crippen molar-refractivity contribution in [1.82, 2.24) is 4.72 Å². The molecule has 1 heterocycles. The lowest BCUT2D eigenvalue weighted by atomic mass is 10.0. The van der Waals surface area contributed by atoms with Gasteiger partial charge in [-0.05, 0) is 44.0 Å². The number of ether oxygens (including phenoxy) is 1. The summed E-state index contributed by atoms with van der Waals surface area (Å²) in [6.45, 7) is 2.84. The number of nitriles is 1. The molecule has 1 aromatic rings. The van der Waals surface area contributed by atoms with Crippen LogP contribution in [0.4, 0.5) is 0 Å². The van der Waals surface area contributed by atoms with E-state index in [4.69, 9.17) is 10.00 Å². The average molecular weight is 280 g/mol. The minimum absolute atomic E-state index is 0.160. The average Bonchev–Trinajstić information content (AvgIpc) is 2.84. The third-order valence-corrected chi connectivity index (χ3v) is 4.65. The number of sulfonamides is 1. The second-order valence-corrected chi connectivity index (χ2v) is 6.63. The summed E-state index contributed by atoms with van der Waals surface area (Å²) in [5.74, 6) is 0. The molecule has 1 unspecified atom stereocenters. The molecule has 5 nitrogen and oxygen atoms in total. The number of nitrogens with one attached hydrogen (secondary N) is 1. The van der Waals surface area contributed by atoms with Gasteiger partial charge in [-0.15, -0.1) is 0 Å². The molecule has 0 amide bonds. The zero-order valence-electron chi connectivity index (χ0n) is 10.7. The van der Waals surface area contributed by atoms with Gasteiger partial charge >= 0.3 is 0 Å². The maximum absolute atomic E-state index is 12.1. The number of rotatable bonds is 4. The monoisotopic (exact) mass is 280 g/mol. The fraction of sp³-hybridized carbons (Fsp3) is 0.462. The van der Waals surface area contributed by atoms with Gasteiger partial charge in [0.15, 0.2) is 0 Å². The highest BCUT2D eigenvalue weighted by atomic mass is 32.2. The van der Waals surface area contributed by atoms with Crippen molar-refractivity contribution >= 4 is 10.0 Å². The van der Waals surface area contributed by atoms with Gasteiger partial charge in [0.25, 0.3) is 0 Å². The first-order valence-electron chi connectivity index (χ1n) is 6.09. The molecule has 2 rings (SSSR count). The first kappa shape index (κ1) is 14.0. The fourth-order valence-corrected chi connectivity index (χ4v) is 3.17. The van der Waals surface area contributed by atoms with Crippen LogP contribution in [-0.2, 0) is 14.8 Å². The normalized spacial score (nSPS) is 23.2. The van der Waals surface area contributed by atoms with Crippen molar-refractivity contribution in [1.29, 1.82) is 5.26 Å². The first-order chi connectivity index (χ1) is 8.95. The van der Waals surface area contributed by atoms with E-state index in [0.29, 0.717) is 12.2 Å². The van der Waals surface area contributed by atoms with Crippen LogP contribution in [-0.4, -0.2) is 27.2 Å². The quantitative estimate of drug-likeness (QED) is 0.904. The van der Waals surface area contributed by atoms with Crippen LogP contribution >= 0.6 is 0 Å². The van der Waals surface area contributed by atoms with Gasteiger partial charge in [0.1, 0.15) is 0 Å². The summed E-state index contributed by atoms with van der Waals surface area (Å²) in [5.41, 5.74) is 0.0182. The fourth-order valence-electron chi connectivity index (χ4n) is 2.02. The van der Waals surface area contributed by atoms with Crippen LogP contribution in [0.15, 0.2) is 29.2 Å². The van der Waals surface area contributed by atoms with Crippen LogP contribution in [0.1, 0.15) is 25.3 Å². The Hall–Kier alpha value is -1.42. The third-order valence-electron chi connectivity index (χ3n) is 3.23. The zero-order chi connectivity index (χ0) is 13.9. The lowest BCUT2D eigenvalue weighted by Crippen LogP contribution is -2.40. The zero-order valence-corrected chi connectivity index (χ0v) is 11.5. The van der Waals surface area contributed by atoms with Gasteiger partial charge in [0, 0.05) is 13.2 Å². The van der Waals surface area contributed by atoms with E-state index in [9.17, 15) is 8.42 Å². The number of nitrogens with zero attached hydrogens (tertiary/aromatic N) is 1. The minimum atomic E-state index is -3.55. The molecule has 1 atom stereocenters. The van der Waals surface area contributed by atoms with Crippen LogP contribution < -0.4 is 4.72 Å². The molecule has 102 valence electrons. The standard InChI is InChI=1S/C13H16N2O3S/c1-13(7-2-8-18-13)10-15-19(16,17)12-5-3-11(9-14)4-6-12/h3-6,15H,2,7-8,10H2,1H3. The molecule has 0 aliphatic carbocycles. The van der Waals surface area contributed by atoms with Gasteiger partial charge in [0.05, 0.1) is 22.1 Å². The van der Waals surface area contributed by atoms with Crippen LogP contribution in [0.3, 0.4) is 0 Å². The van der Waals surface area contributed by atoms with Gasteiger partial charge < -0.3 is 4.74 Å². The minimum Gasteiger partial charge on any atom is -0.374 e. The van der Waals surface area contributed by atoms with Crippen molar-refractivity contribution in [2.45, 2.75) is 30.3 Å². The first-order valence-corrected chi connectivity index (χ1v) is 7.57. The van der Waals surface area contributed by atoms with E-state index in [1.807, 2.05) is 13.0 Å². The van der Waals surface area contributed by atoms with Crippen molar-refractivity contribution in [2.24, 2.45) is 0 Å². The van der Waals surface area contributed by atoms with Crippen molar-refractivity contribution in [3.8, 4) is 6.07 Å². The Morgan fingerprint density at radius 2 is 2.11 bits per heavy atom. The molecule has 1 fully saturated rings. The molecular formula is C13H16N2O3S. The van der Waals surface area contributed by atoms with Crippen molar-refractivity contribution in [2.75, 3.05) is 13.2 Å². The van der Waals surface area contributed by atoms with E-state index in [1.54, 1.807) is 0 Å². The van der Waals surface area contributed by atoms with Crippen LogP contribution in [0, 0.1) is 11.3 Å². The summed E-state index contributed by atoms with van der Waals surface area (Å²) in [4.78, 5) is 0.160. The van der Waals surface area contributed by atoms with Crippen LogP contribution in [0.2, 0.25) is 0 Å². The lowest BCUT2D eigenvalue weighted by molar-refractivity contribution is 0.0250. The predicted molar refractivity (Wildman–Crippen MR) is 69.9 cm³/mol. The summed E-state index contributed by atoms with van der Waals surface area (Å²) in [5, 5.41) is 8.68. The molecule has 0 aromatic heterocycles. The summed E-state index contributed by atoms with van der Waals surface area (Å²) in [6.07, 6.45) is 1.80. The van der Waals surface area contributed by atoms with E-state index in [-0.39, 0.29) is 11.4 Å². The van der Waals surface area contributed by atoms with Crippen LogP contribution in [0.25, 0.3) is 0 Å². The molecule has 19 heavy (non-hydrogen) atoms. The van der Waals surface area contributed by atoms with E-state index in [0.717, 1.165) is 12.8 Å². The second kappa shape index (κ2) is 5.29. The van der Waals surface area contributed by atoms with Crippen molar-refractivity contribution in [3.05, 3.63) is 29.8 Å². The number of hydrogen-bond donors (Lipinski definition) is 1. The summed E-state index contributed by atoms with van der Waals surface area (Å²) < 4.78 is 32.3. The van der Waals surface area contributed by atoms with Gasteiger partial charge in [0.2, 0.25) is 10.0 Å². The van der Waals surface area contributed by atoms with Gasteiger partial charge in [-0.2, -0.15) is 5.26 Å². The Bertz CT molecular complexity index is 581. The van der Waals surface area contributed by atoms with E-state index >= 15 is 0 Å². The SMILES string of the molecule is CC1(CNS(=O)(=O)c2ccc(C#N)cc2)CCCO1.